The maximum absolute atomic E-state index is 12.0. The Kier molecular flexibility index (Phi) is 4.15. The third-order valence-electron chi connectivity index (χ3n) is 3.02. The first-order chi connectivity index (χ1) is 9.58. The van der Waals surface area contributed by atoms with Gasteiger partial charge in [0.2, 0.25) is 0 Å². The highest BCUT2D eigenvalue weighted by Gasteiger charge is 2.08. The van der Waals surface area contributed by atoms with Crippen molar-refractivity contribution in [1.29, 1.82) is 0 Å². The lowest BCUT2D eigenvalue weighted by atomic mass is 10.1. The van der Waals surface area contributed by atoms with Gasteiger partial charge in [-0.05, 0) is 36.2 Å². The smallest absolute Gasteiger partial charge is 0.335 e. The van der Waals surface area contributed by atoms with E-state index in [1.165, 1.54) is 6.07 Å². The van der Waals surface area contributed by atoms with Crippen molar-refractivity contribution in [3.8, 4) is 0 Å². The van der Waals surface area contributed by atoms with Gasteiger partial charge in [0, 0.05) is 12.1 Å². The quantitative estimate of drug-likeness (QED) is 0.896. The summed E-state index contributed by atoms with van der Waals surface area (Å²) in [6.45, 7) is 2.17. The van der Waals surface area contributed by atoms with Crippen LogP contribution in [0, 0.1) is 6.92 Å². The van der Waals surface area contributed by atoms with Gasteiger partial charge < -0.3 is 10.4 Å². The van der Waals surface area contributed by atoms with Crippen molar-refractivity contribution < 1.29 is 14.7 Å². The first-order valence-electron chi connectivity index (χ1n) is 6.24. The average molecular weight is 269 g/mol. The summed E-state index contributed by atoms with van der Waals surface area (Å²) in [6.07, 6.45) is 0. The predicted octanol–water partition coefficient (Wildman–Crippen LogP) is 2.62. The topological polar surface area (TPSA) is 66.4 Å². The lowest BCUT2D eigenvalue weighted by Crippen LogP contribution is -2.23. The molecule has 0 unspecified atom stereocenters. The lowest BCUT2D eigenvalue weighted by Gasteiger charge is -2.08. The second kappa shape index (κ2) is 6.02. The fourth-order valence-electron chi connectivity index (χ4n) is 1.92. The minimum atomic E-state index is -0.975. The van der Waals surface area contributed by atoms with Crippen LogP contribution in [0.15, 0.2) is 48.5 Å². The number of benzene rings is 2. The van der Waals surface area contributed by atoms with Gasteiger partial charge in [0.05, 0.1) is 5.56 Å². The van der Waals surface area contributed by atoms with Crippen LogP contribution in [0.1, 0.15) is 31.8 Å². The molecule has 0 fully saturated rings. The fraction of sp³-hybridized carbons (Fsp3) is 0.125. The Bertz CT molecular complexity index is 650. The zero-order valence-corrected chi connectivity index (χ0v) is 11.1. The third-order valence-corrected chi connectivity index (χ3v) is 3.02. The molecule has 0 bridgehead atoms. The second-order valence-electron chi connectivity index (χ2n) is 4.50. The molecule has 0 atom stereocenters. The van der Waals surface area contributed by atoms with Gasteiger partial charge in [-0.2, -0.15) is 0 Å². The number of carboxylic acids is 1. The molecule has 1 amide bonds. The number of carbonyl (C=O) groups excluding carboxylic acids is 1. The molecule has 0 radical (unpaired) electrons. The minimum absolute atomic E-state index is 0.163. The van der Waals surface area contributed by atoms with Crippen molar-refractivity contribution in [1.82, 2.24) is 5.32 Å². The molecular formula is C16H15NO3. The zero-order chi connectivity index (χ0) is 14.5. The van der Waals surface area contributed by atoms with Gasteiger partial charge in [-0.15, -0.1) is 0 Å². The van der Waals surface area contributed by atoms with E-state index in [1.54, 1.807) is 24.3 Å². The number of nitrogens with one attached hydrogen (secondary N) is 1. The van der Waals surface area contributed by atoms with E-state index in [2.05, 4.69) is 5.32 Å². The molecule has 0 spiro atoms. The molecule has 0 aliphatic carbocycles. The SMILES string of the molecule is Cc1ccccc1C(=O)NCc1cccc(C(=O)O)c1. The standard InChI is InChI=1S/C16H15NO3/c1-11-5-2-3-8-14(11)15(18)17-10-12-6-4-7-13(9-12)16(19)20/h2-9H,10H2,1H3,(H,17,18)(H,19,20). The van der Waals surface area contributed by atoms with E-state index in [1.807, 2.05) is 25.1 Å². The highest BCUT2D eigenvalue weighted by Crippen LogP contribution is 2.08. The molecule has 102 valence electrons. The van der Waals surface area contributed by atoms with Crippen LogP contribution < -0.4 is 5.32 Å². The Labute approximate surface area is 117 Å². The molecule has 0 heterocycles. The number of hydrogen-bond donors (Lipinski definition) is 2. The number of aromatic carboxylic acids is 1. The molecule has 0 saturated heterocycles. The van der Waals surface area contributed by atoms with E-state index in [0.717, 1.165) is 11.1 Å². The van der Waals surface area contributed by atoms with Crippen LogP contribution in [0.5, 0.6) is 0 Å². The van der Waals surface area contributed by atoms with Crippen molar-refractivity contribution >= 4 is 11.9 Å². The van der Waals surface area contributed by atoms with Gasteiger partial charge in [0.1, 0.15) is 0 Å². The molecule has 0 aliphatic rings. The number of rotatable bonds is 4. The van der Waals surface area contributed by atoms with Crippen LogP contribution >= 0.6 is 0 Å². The summed E-state index contributed by atoms with van der Waals surface area (Å²) in [4.78, 5) is 22.9. The maximum atomic E-state index is 12.0. The van der Waals surface area contributed by atoms with Gasteiger partial charge in [-0.25, -0.2) is 4.79 Å². The number of carboxylic acid groups (broad SMARTS) is 1. The molecule has 0 aliphatic heterocycles. The molecule has 0 aromatic heterocycles. The van der Waals surface area contributed by atoms with Crippen molar-refractivity contribution in [2.75, 3.05) is 0 Å². The number of hydrogen-bond acceptors (Lipinski definition) is 2. The fourth-order valence-corrected chi connectivity index (χ4v) is 1.92. The Morgan fingerprint density at radius 1 is 1.10 bits per heavy atom. The summed E-state index contributed by atoms with van der Waals surface area (Å²) in [5.74, 6) is -1.14. The number of carbonyl (C=O) groups is 2. The molecule has 20 heavy (non-hydrogen) atoms. The third kappa shape index (κ3) is 3.23. The molecule has 2 aromatic rings. The van der Waals surface area contributed by atoms with Crippen molar-refractivity contribution in [2.45, 2.75) is 13.5 Å². The molecule has 0 saturated carbocycles. The molecule has 4 heteroatoms. The Morgan fingerprint density at radius 2 is 1.85 bits per heavy atom. The van der Waals surface area contributed by atoms with Gasteiger partial charge in [-0.3, -0.25) is 4.79 Å². The van der Waals surface area contributed by atoms with Gasteiger partial charge in [0.25, 0.3) is 5.91 Å². The van der Waals surface area contributed by atoms with Gasteiger partial charge in [-0.1, -0.05) is 30.3 Å². The largest absolute Gasteiger partial charge is 0.478 e. The van der Waals surface area contributed by atoms with E-state index in [-0.39, 0.29) is 11.5 Å². The minimum Gasteiger partial charge on any atom is -0.478 e. The highest BCUT2D eigenvalue weighted by molar-refractivity contribution is 5.95. The van der Waals surface area contributed by atoms with Crippen LogP contribution in [0.4, 0.5) is 0 Å². The zero-order valence-electron chi connectivity index (χ0n) is 11.1. The van der Waals surface area contributed by atoms with Crippen LogP contribution in [0.3, 0.4) is 0 Å². The summed E-state index contributed by atoms with van der Waals surface area (Å²) in [5.41, 5.74) is 2.51. The molecular weight excluding hydrogens is 254 g/mol. The van der Waals surface area contributed by atoms with E-state index in [0.29, 0.717) is 12.1 Å². The van der Waals surface area contributed by atoms with Crippen LogP contribution in [0.2, 0.25) is 0 Å². The highest BCUT2D eigenvalue weighted by atomic mass is 16.4. The monoisotopic (exact) mass is 269 g/mol. The Hall–Kier alpha value is -2.62. The summed E-state index contributed by atoms with van der Waals surface area (Å²) in [6, 6.07) is 13.9. The molecule has 2 rings (SSSR count). The average Bonchev–Trinajstić information content (AvgIpc) is 2.45. The number of aryl methyl sites for hydroxylation is 1. The van der Waals surface area contributed by atoms with E-state index >= 15 is 0 Å². The maximum Gasteiger partial charge on any atom is 0.335 e. The second-order valence-corrected chi connectivity index (χ2v) is 4.50. The summed E-state index contributed by atoms with van der Waals surface area (Å²) >= 11 is 0. The van der Waals surface area contributed by atoms with Crippen molar-refractivity contribution in [3.05, 3.63) is 70.8 Å². The van der Waals surface area contributed by atoms with Crippen molar-refractivity contribution in [2.24, 2.45) is 0 Å². The van der Waals surface area contributed by atoms with E-state index in [9.17, 15) is 9.59 Å². The van der Waals surface area contributed by atoms with Crippen LogP contribution in [0.25, 0.3) is 0 Å². The first-order valence-corrected chi connectivity index (χ1v) is 6.24. The first kappa shape index (κ1) is 13.8. The lowest BCUT2D eigenvalue weighted by molar-refractivity contribution is 0.0696. The van der Waals surface area contributed by atoms with E-state index < -0.39 is 5.97 Å². The summed E-state index contributed by atoms with van der Waals surface area (Å²) in [5, 5.41) is 11.7. The normalized spacial score (nSPS) is 10.1. The molecule has 4 nitrogen and oxygen atoms in total. The summed E-state index contributed by atoms with van der Waals surface area (Å²) < 4.78 is 0. The van der Waals surface area contributed by atoms with Gasteiger partial charge >= 0.3 is 5.97 Å². The molecule has 2 aromatic carbocycles. The number of amides is 1. The Balaban J connectivity index is 2.06. The summed E-state index contributed by atoms with van der Waals surface area (Å²) in [7, 11) is 0. The van der Waals surface area contributed by atoms with Gasteiger partial charge in [0.15, 0.2) is 0 Å². The van der Waals surface area contributed by atoms with Crippen LogP contribution in [-0.4, -0.2) is 17.0 Å². The Morgan fingerprint density at radius 3 is 2.55 bits per heavy atom. The van der Waals surface area contributed by atoms with Crippen LogP contribution in [-0.2, 0) is 6.54 Å². The molecule has 2 N–H and O–H groups in total. The van der Waals surface area contributed by atoms with Crippen molar-refractivity contribution in [3.63, 3.8) is 0 Å². The predicted molar refractivity (Wildman–Crippen MR) is 75.8 cm³/mol. The van der Waals surface area contributed by atoms with E-state index in [4.69, 9.17) is 5.11 Å².